The second-order valence-corrected chi connectivity index (χ2v) is 19.4. The Morgan fingerprint density at radius 1 is 0.477 bits per heavy atom. The highest BCUT2D eigenvalue weighted by Crippen LogP contribution is 2.47. The summed E-state index contributed by atoms with van der Waals surface area (Å²) in [7, 11) is -5.12. The minimum atomic E-state index is -5.12. The van der Waals surface area contributed by atoms with E-state index in [9.17, 15) is 44.6 Å². The summed E-state index contributed by atoms with van der Waals surface area (Å²) in [5.41, 5.74) is 0. The fourth-order valence-corrected chi connectivity index (χ4v) is 8.80. The van der Waals surface area contributed by atoms with E-state index in [1.165, 1.54) is 109 Å². The Kier molecular flexibility index (Phi) is 38.6. The van der Waals surface area contributed by atoms with Gasteiger partial charge in [0, 0.05) is 12.8 Å². The van der Waals surface area contributed by atoms with Gasteiger partial charge < -0.3 is 39.9 Å². The normalized spacial score (nSPS) is 21.7. The lowest BCUT2D eigenvalue weighted by Gasteiger charge is -2.41. The van der Waals surface area contributed by atoms with Gasteiger partial charge in [-0.3, -0.25) is 18.6 Å². The number of unbranched alkanes of at least 4 members (excludes halogenated alkanes) is 25. The average molecular weight is 945 g/mol. The van der Waals surface area contributed by atoms with Crippen LogP contribution in [0.1, 0.15) is 219 Å². The Morgan fingerprint density at radius 2 is 0.831 bits per heavy atom. The number of rotatable bonds is 43. The number of phosphoric ester groups is 1. The molecule has 13 nitrogen and oxygen atoms in total. The van der Waals surface area contributed by atoms with E-state index in [1.807, 2.05) is 0 Å². The van der Waals surface area contributed by atoms with Gasteiger partial charge in [-0.25, -0.2) is 4.57 Å². The number of ether oxygens (including phenoxy) is 2. The van der Waals surface area contributed by atoms with Crippen molar-refractivity contribution in [3.05, 3.63) is 36.5 Å². The van der Waals surface area contributed by atoms with Crippen molar-refractivity contribution in [2.24, 2.45) is 0 Å². The first-order valence-electron chi connectivity index (χ1n) is 25.8. The van der Waals surface area contributed by atoms with Crippen molar-refractivity contribution in [1.29, 1.82) is 0 Å². The molecule has 0 aliphatic heterocycles. The molecule has 0 aromatic heterocycles. The van der Waals surface area contributed by atoms with Gasteiger partial charge in [0.1, 0.15) is 43.2 Å². The summed E-state index contributed by atoms with van der Waals surface area (Å²) in [4.78, 5) is 35.8. The monoisotopic (exact) mass is 945 g/mol. The molecule has 0 aromatic rings. The van der Waals surface area contributed by atoms with Crippen molar-refractivity contribution >= 4 is 19.8 Å². The minimum absolute atomic E-state index is 0.0838. The first-order valence-corrected chi connectivity index (χ1v) is 27.3. The lowest BCUT2D eigenvalue weighted by atomic mass is 9.85. The summed E-state index contributed by atoms with van der Waals surface area (Å²) in [5, 5.41) is 50.3. The molecule has 0 heterocycles. The number of aliphatic hydroxyl groups excluding tert-OH is 5. The van der Waals surface area contributed by atoms with Gasteiger partial charge in [-0.1, -0.05) is 192 Å². The van der Waals surface area contributed by atoms with Crippen molar-refractivity contribution in [2.45, 2.75) is 262 Å². The first-order chi connectivity index (χ1) is 31.4. The van der Waals surface area contributed by atoms with E-state index < -0.39 is 75.7 Å². The molecule has 380 valence electrons. The highest BCUT2D eigenvalue weighted by atomic mass is 31.2. The molecule has 0 radical (unpaired) electrons. The number of carbonyl (C=O) groups excluding carboxylic acids is 2. The van der Waals surface area contributed by atoms with E-state index in [0.717, 1.165) is 70.6 Å². The van der Waals surface area contributed by atoms with E-state index in [2.05, 4.69) is 50.3 Å². The molecule has 1 aliphatic rings. The van der Waals surface area contributed by atoms with Gasteiger partial charge in [-0.15, -0.1) is 0 Å². The van der Waals surface area contributed by atoms with Crippen LogP contribution < -0.4 is 0 Å². The maximum absolute atomic E-state index is 12.8. The van der Waals surface area contributed by atoms with Gasteiger partial charge in [-0.2, -0.15) is 0 Å². The highest BCUT2D eigenvalue weighted by Gasteiger charge is 2.51. The Balaban J connectivity index is 2.41. The molecule has 1 aliphatic carbocycles. The maximum atomic E-state index is 12.8. The fourth-order valence-electron chi connectivity index (χ4n) is 7.82. The number of allylic oxidation sites excluding steroid dienone is 6. The van der Waals surface area contributed by atoms with Gasteiger partial charge in [0.15, 0.2) is 6.10 Å². The topological polar surface area (TPSA) is 210 Å². The molecule has 0 aromatic carbocycles. The Hall–Kier alpha value is -1.93. The SMILES string of the molecule is CCCCC/C=C\C/C=C\C/C=C\CCCCCCCCC(=O)OC(COC(=O)CCCCCCCCCCCCCCCCCCC)COP(=O)(O)OC1C(O)C(O)C(O)C(O)C1O. The zero-order valence-corrected chi connectivity index (χ0v) is 41.4. The van der Waals surface area contributed by atoms with Crippen LogP contribution in [0.15, 0.2) is 36.5 Å². The molecule has 1 fully saturated rings. The van der Waals surface area contributed by atoms with Crippen LogP contribution in [0.4, 0.5) is 0 Å². The van der Waals surface area contributed by atoms with E-state index in [0.29, 0.717) is 12.8 Å². The van der Waals surface area contributed by atoms with E-state index in [4.69, 9.17) is 18.5 Å². The molecule has 0 amide bonds. The predicted molar refractivity (Wildman–Crippen MR) is 258 cm³/mol. The van der Waals surface area contributed by atoms with Gasteiger partial charge in [0.05, 0.1) is 6.61 Å². The van der Waals surface area contributed by atoms with Crippen molar-refractivity contribution in [1.82, 2.24) is 0 Å². The van der Waals surface area contributed by atoms with Gasteiger partial charge in [0.25, 0.3) is 0 Å². The zero-order chi connectivity index (χ0) is 47.8. The van der Waals surface area contributed by atoms with Crippen molar-refractivity contribution in [3.63, 3.8) is 0 Å². The maximum Gasteiger partial charge on any atom is 0.472 e. The smallest absolute Gasteiger partial charge is 0.462 e. The van der Waals surface area contributed by atoms with Crippen molar-refractivity contribution in [3.8, 4) is 0 Å². The molecule has 6 N–H and O–H groups in total. The third-order valence-corrected chi connectivity index (χ3v) is 13.0. The number of esters is 2. The largest absolute Gasteiger partial charge is 0.472 e. The molecular weight excluding hydrogens is 852 g/mol. The summed E-state index contributed by atoms with van der Waals surface area (Å²) >= 11 is 0. The third kappa shape index (κ3) is 33.3. The van der Waals surface area contributed by atoms with Crippen LogP contribution in [0.2, 0.25) is 0 Å². The third-order valence-electron chi connectivity index (χ3n) is 12.0. The number of phosphoric acid groups is 1. The predicted octanol–water partition coefficient (Wildman–Crippen LogP) is 11.0. The van der Waals surface area contributed by atoms with Gasteiger partial charge >= 0.3 is 19.8 Å². The van der Waals surface area contributed by atoms with Crippen molar-refractivity contribution < 1.29 is 63.1 Å². The molecule has 0 spiro atoms. The molecule has 1 rings (SSSR count). The molecule has 6 atom stereocenters. The quantitative estimate of drug-likeness (QED) is 0.0146. The molecule has 0 saturated heterocycles. The average Bonchev–Trinajstić information content (AvgIpc) is 3.29. The number of hydrogen-bond donors (Lipinski definition) is 6. The van der Waals surface area contributed by atoms with Crippen LogP contribution in [0.3, 0.4) is 0 Å². The summed E-state index contributed by atoms with van der Waals surface area (Å²) in [6.07, 6.45) is 34.7. The van der Waals surface area contributed by atoms with Gasteiger partial charge in [-0.05, 0) is 51.4 Å². The lowest BCUT2D eigenvalue weighted by molar-refractivity contribution is -0.220. The van der Waals surface area contributed by atoms with Crippen LogP contribution in [-0.4, -0.2) is 98.3 Å². The molecule has 0 bridgehead atoms. The second-order valence-electron chi connectivity index (χ2n) is 18.0. The number of carbonyl (C=O) groups is 2. The number of aliphatic hydroxyl groups is 5. The summed E-state index contributed by atoms with van der Waals surface area (Å²) < 4.78 is 33.6. The molecule has 1 saturated carbocycles. The van der Waals surface area contributed by atoms with E-state index >= 15 is 0 Å². The van der Waals surface area contributed by atoms with Crippen molar-refractivity contribution in [2.75, 3.05) is 13.2 Å². The summed E-state index contributed by atoms with van der Waals surface area (Å²) in [6.45, 7) is 3.29. The van der Waals surface area contributed by atoms with E-state index in [-0.39, 0.29) is 12.8 Å². The first kappa shape index (κ1) is 61.1. The molecule has 6 unspecified atom stereocenters. The lowest BCUT2D eigenvalue weighted by Crippen LogP contribution is -2.64. The number of hydrogen-bond acceptors (Lipinski definition) is 12. The standard InChI is InChI=1S/C51H93O13P/c1-3-5-7-9-11-13-15-17-19-21-22-24-26-28-30-32-34-36-38-40-45(53)63-43(42-62-65(59,60)64-51-49(57)47(55)46(54)48(56)50(51)58)41-61-44(52)39-37-35-33-31-29-27-25-23-20-18-16-14-12-10-8-6-4-2/h11,13,17,19,22,24,43,46-51,54-58H,3-10,12,14-16,18,20-21,23,25-42H2,1-2H3,(H,59,60)/b13-11-,19-17-,24-22-. The molecule has 14 heteroatoms. The van der Waals surface area contributed by atoms with Crippen LogP contribution >= 0.6 is 7.82 Å². The molecular formula is C51H93O13P. The Morgan fingerprint density at radius 3 is 1.29 bits per heavy atom. The summed E-state index contributed by atoms with van der Waals surface area (Å²) in [6, 6.07) is 0. The fraction of sp³-hybridized carbons (Fsp3) is 0.843. The van der Waals surface area contributed by atoms with E-state index in [1.54, 1.807) is 0 Å². The zero-order valence-electron chi connectivity index (χ0n) is 40.5. The van der Waals surface area contributed by atoms with Gasteiger partial charge in [0.2, 0.25) is 0 Å². The van der Waals surface area contributed by atoms with Crippen LogP contribution in [0.25, 0.3) is 0 Å². The Bertz CT molecular complexity index is 1280. The molecule has 65 heavy (non-hydrogen) atoms. The Labute approximate surface area is 393 Å². The summed E-state index contributed by atoms with van der Waals surface area (Å²) in [5.74, 6) is -1.11. The van der Waals surface area contributed by atoms with Crippen LogP contribution in [0.5, 0.6) is 0 Å². The van der Waals surface area contributed by atoms with Crippen LogP contribution in [-0.2, 0) is 32.7 Å². The van der Waals surface area contributed by atoms with Crippen LogP contribution in [0, 0.1) is 0 Å². The minimum Gasteiger partial charge on any atom is -0.462 e. The highest BCUT2D eigenvalue weighted by molar-refractivity contribution is 7.47. The second kappa shape index (κ2) is 41.1.